The number of nitriles is 1. The van der Waals surface area contributed by atoms with Crippen molar-refractivity contribution in [2.45, 2.75) is 61.3 Å². The van der Waals surface area contributed by atoms with Gasteiger partial charge in [-0.25, -0.2) is 8.42 Å². The van der Waals surface area contributed by atoms with Gasteiger partial charge in [-0.1, -0.05) is 49.7 Å². The molecule has 1 saturated carbocycles. The van der Waals surface area contributed by atoms with E-state index in [0.717, 1.165) is 6.26 Å². The second kappa shape index (κ2) is 9.76. The van der Waals surface area contributed by atoms with Crippen molar-refractivity contribution in [2.75, 3.05) is 6.26 Å². The molecule has 1 aliphatic carbocycles. The van der Waals surface area contributed by atoms with Crippen LogP contribution in [-0.4, -0.2) is 38.3 Å². The molecule has 3 rings (SSSR count). The average Bonchev–Trinajstić information content (AvgIpc) is 3.56. The fraction of sp³-hybridized carbons (Fsp3) is 0.417. The Morgan fingerprint density at radius 1 is 1.09 bits per heavy atom. The third-order valence-corrected chi connectivity index (χ3v) is 6.91. The van der Waals surface area contributed by atoms with Crippen LogP contribution in [0.4, 0.5) is 13.2 Å². The Morgan fingerprint density at radius 2 is 1.62 bits per heavy atom. The molecular formula is C24H26F3N3O3S. The number of carbonyl (C=O) groups is 1. The normalized spacial score (nSPS) is 16.8. The van der Waals surface area contributed by atoms with Crippen LogP contribution < -0.4 is 10.6 Å². The Kier molecular flexibility index (Phi) is 7.38. The highest BCUT2D eigenvalue weighted by atomic mass is 32.2. The van der Waals surface area contributed by atoms with Crippen molar-refractivity contribution in [2.24, 2.45) is 0 Å². The van der Waals surface area contributed by atoms with Gasteiger partial charge in [-0.2, -0.15) is 18.4 Å². The molecule has 10 heteroatoms. The number of alkyl halides is 3. The monoisotopic (exact) mass is 493 g/mol. The second-order valence-corrected chi connectivity index (χ2v) is 10.6. The van der Waals surface area contributed by atoms with Crippen LogP contribution in [0, 0.1) is 11.3 Å². The molecule has 0 saturated heterocycles. The number of nitrogens with one attached hydrogen (secondary N) is 2. The van der Waals surface area contributed by atoms with Gasteiger partial charge in [-0.05, 0) is 48.1 Å². The summed E-state index contributed by atoms with van der Waals surface area (Å²) < 4.78 is 64.8. The summed E-state index contributed by atoms with van der Waals surface area (Å²) in [7, 11) is -3.36. The summed E-state index contributed by atoms with van der Waals surface area (Å²) in [6.45, 7) is 1.82. The lowest BCUT2D eigenvalue weighted by atomic mass is 10.00. The number of hydrogen-bond donors (Lipinski definition) is 2. The number of sulfone groups is 1. The van der Waals surface area contributed by atoms with E-state index in [1.54, 1.807) is 12.1 Å². The maximum Gasteiger partial charge on any atom is 0.412 e. The van der Waals surface area contributed by atoms with Crippen molar-refractivity contribution in [1.29, 1.82) is 5.26 Å². The molecule has 1 aliphatic rings. The lowest BCUT2D eigenvalue weighted by Gasteiger charge is -2.26. The smallest absolute Gasteiger partial charge is 0.339 e. The van der Waals surface area contributed by atoms with Crippen molar-refractivity contribution in [1.82, 2.24) is 10.6 Å². The quantitative estimate of drug-likeness (QED) is 0.543. The van der Waals surface area contributed by atoms with Gasteiger partial charge in [-0.15, -0.1) is 0 Å². The van der Waals surface area contributed by atoms with Crippen LogP contribution in [-0.2, 0) is 14.6 Å². The summed E-state index contributed by atoms with van der Waals surface area (Å²) in [5.74, 6) is -0.800. The van der Waals surface area contributed by atoms with Gasteiger partial charge in [0.2, 0.25) is 5.91 Å². The second-order valence-electron chi connectivity index (χ2n) is 8.58. The highest BCUT2D eigenvalue weighted by molar-refractivity contribution is 7.90. The molecular weight excluding hydrogens is 467 g/mol. The molecule has 34 heavy (non-hydrogen) atoms. The third-order valence-electron chi connectivity index (χ3n) is 5.78. The molecule has 1 amide bonds. The van der Waals surface area contributed by atoms with E-state index in [1.807, 2.05) is 6.92 Å². The molecule has 2 atom stereocenters. The number of carbonyl (C=O) groups excluding carboxylic acids is 1. The summed E-state index contributed by atoms with van der Waals surface area (Å²) in [6.07, 6.45) is -1.64. The van der Waals surface area contributed by atoms with Gasteiger partial charge in [0.15, 0.2) is 15.9 Å². The first kappa shape index (κ1) is 25.7. The molecule has 2 aromatic rings. The number of hydrogen-bond acceptors (Lipinski definition) is 5. The maximum absolute atomic E-state index is 13.9. The zero-order valence-corrected chi connectivity index (χ0v) is 19.6. The van der Waals surface area contributed by atoms with Crippen LogP contribution in [0.25, 0.3) is 11.1 Å². The van der Waals surface area contributed by atoms with E-state index in [4.69, 9.17) is 0 Å². The predicted octanol–water partition coefficient (Wildman–Crippen LogP) is 4.29. The highest BCUT2D eigenvalue weighted by Crippen LogP contribution is 2.36. The molecule has 2 aromatic carbocycles. The molecule has 0 unspecified atom stereocenters. The van der Waals surface area contributed by atoms with Gasteiger partial charge in [0.25, 0.3) is 0 Å². The van der Waals surface area contributed by atoms with Crippen LogP contribution in [0.3, 0.4) is 0 Å². The molecule has 0 radical (unpaired) electrons. The van der Waals surface area contributed by atoms with Gasteiger partial charge >= 0.3 is 6.18 Å². The molecule has 0 aliphatic heterocycles. The number of amides is 1. The van der Waals surface area contributed by atoms with Crippen LogP contribution in [0.1, 0.15) is 44.2 Å². The minimum atomic E-state index is -4.72. The Balaban J connectivity index is 1.80. The largest absolute Gasteiger partial charge is 0.412 e. The SMILES string of the molecule is CCC[C@H](NC1(C#N)CC1)C(=O)N[C@@H](c1ccc(-c2ccc(S(C)(=O)=O)cc2)cc1)C(F)(F)F. The molecule has 0 bridgehead atoms. The van der Waals surface area contributed by atoms with Crippen molar-refractivity contribution in [3.63, 3.8) is 0 Å². The number of nitrogens with zero attached hydrogens (tertiary/aromatic N) is 1. The Bertz CT molecular complexity index is 1170. The van der Waals surface area contributed by atoms with Crippen molar-refractivity contribution in [3.8, 4) is 17.2 Å². The van der Waals surface area contributed by atoms with E-state index in [-0.39, 0.29) is 10.5 Å². The van der Waals surface area contributed by atoms with Crippen LogP contribution in [0.2, 0.25) is 0 Å². The van der Waals surface area contributed by atoms with Gasteiger partial charge in [0, 0.05) is 6.26 Å². The zero-order chi connectivity index (χ0) is 25.1. The molecule has 1 fully saturated rings. The average molecular weight is 494 g/mol. The molecule has 182 valence electrons. The maximum atomic E-state index is 13.9. The standard InChI is InChI=1S/C24H26F3N3O3S/c1-3-4-20(30-23(15-28)13-14-23)22(31)29-21(24(25,26)27)18-7-5-16(6-8-18)17-9-11-19(12-10-17)34(2,32)33/h5-12,20-21,30H,3-4,13-14H2,1-2H3,(H,29,31)/t20-,21-/m0/s1. The molecule has 0 spiro atoms. The van der Waals surface area contributed by atoms with Gasteiger partial charge < -0.3 is 5.32 Å². The lowest BCUT2D eigenvalue weighted by molar-refractivity contribution is -0.164. The van der Waals surface area contributed by atoms with Crippen LogP contribution in [0.15, 0.2) is 53.4 Å². The first-order valence-electron chi connectivity index (χ1n) is 10.8. The summed E-state index contributed by atoms with van der Waals surface area (Å²) >= 11 is 0. The summed E-state index contributed by atoms with van der Waals surface area (Å²) in [6, 6.07) is 10.6. The lowest BCUT2D eigenvalue weighted by Crippen LogP contribution is -2.51. The zero-order valence-electron chi connectivity index (χ0n) is 18.8. The van der Waals surface area contributed by atoms with E-state index in [0.29, 0.717) is 36.8 Å². The minimum absolute atomic E-state index is 0.131. The number of benzene rings is 2. The van der Waals surface area contributed by atoms with Gasteiger partial charge in [0.05, 0.1) is 17.0 Å². The van der Waals surface area contributed by atoms with E-state index >= 15 is 0 Å². The van der Waals surface area contributed by atoms with Crippen LogP contribution >= 0.6 is 0 Å². The van der Waals surface area contributed by atoms with E-state index in [2.05, 4.69) is 16.7 Å². The van der Waals surface area contributed by atoms with Crippen LogP contribution in [0.5, 0.6) is 0 Å². The first-order chi connectivity index (χ1) is 15.9. The first-order valence-corrected chi connectivity index (χ1v) is 12.7. The number of halogens is 3. The topological polar surface area (TPSA) is 99.1 Å². The molecule has 2 N–H and O–H groups in total. The molecule has 6 nitrogen and oxygen atoms in total. The van der Waals surface area contributed by atoms with E-state index in [1.165, 1.54) is 36.4 Å². The van der Waals surface area contributed by atoms with Gasteiger partial charge in [0.1, 0.15) is 5.54 Å². The third kappa shape index (κ3) is 6.15. The van der Waals surface area contributed by atoms with Crippen molar-refractivity contribution >= 4 is 15.7 Å². The van der Waals surface area contributed by atoms with E-state index in [9.17, 15) is 31.6 Å². The fourth-order valence-electron chi connectivity index (χ4n) is 3.66. The Hall–Kier alpha value is -2.90. The van der Waals surface area contributed by atoms with Crippen molar-refractivity contribution < 1.29 is 26.4 Å². The summed E-state index contributed by atoms with van der Waals surface area (Å²) in [5, 5.41) is 14.3. The molecule has 0 heterocycles. The molecule has 0 aromatic heterocycles. The summed E-state index contributed by atoms with van der Waals surface area (Å²) in [4.78, 5) is 12.9. The van der Waals surface area contributed by atoms with Crippen molar-refractivity contribution in [3.05, 3.63) is 54.1 Å². The Morgan fingerprint density at radius 3 is 2.03 bits per heavy atom. The van der Waals surface area contributed by atoms with E-state index < -0.39 is 39.5 Å². The highest BCUT2D eigenvalue weighted by Gasteiger charge is 2.47. The minimum Gasteiger partial charge on any atom is -0.339 e. The number of rotatable bonds is 9. The fourth-order valence-corrected chi connectivity index (χ4v) is 4.29. The Labute approximate surface area is 197 Å². The van der Waals surface area contributed by atoms with Gasteiger partial charge in [-0.3, -0.25) is 10.1 Å². The predicted molar refractivity (Wildman–Crippen MR) is 121 cm³/mol. The summed E-state index contributed by atoms with van der Waals surface area (Å²) in [5.41, 5.74) is 0.282.